The summed E-state index contributed by atoms with van der Waals surface area (Å²) in [6.45, 7) is 0. The van der Waals surface area contributed by atoms with Crippen LogP contribution in [0.1, 0.15) is 23.5 Å². The van der Waals surface area contributed by atoms with Gasteiger partial charge in [0.05, 0.1) is 11.7 Å². The van der Waals surface area contributed by atoms with E-state index in [-0.39, 0.29) is 24.0 Å². The summed E-state index contributed by atoms with van der Waals surface area (Å²) in [5.41, 5.74) is 3.61. The molecule has 0 saturated heterocycles. The van der Waals surface area contributed by atoms with Crippen LogP contribution in [0.15, 0.2) is 36.4 Å². The van der Waals surface area contributed by atoms with Crippen molar-refractivity contribution < 1.29 is 22.7 Å². The van der Waals surface area contributed by atoms with Crippen LogP contribution in [0.4, 0.5) is 18.9 Å². The lowest BCUT2D eigenvalue weighted by molar-refractivity contribution is -0.274. The van der Waals surface area contributed by atoms with Gasteiger partial charge in [-0.15, -0.1) is 13.2 Å². The Morgan fingerprint density at radius 3 is 2.60 bits per heavy atom. The number of hydrogen-bond donors (Lipinski definition) is 1. The summed E-state index contributed by atoms with van der Waals surface area (Å²) < 4.78 is 49.3. The second-order valence-electron chi connectivity index (χ2n) is 5.58. The number of anilines is 1. The van der Waals surface area contributed by atoms with Crippen molar-refractivity contribution in [3.8, 4) is 5.75 Å². The van der Waals surface area contributed by atoms with Crippen LogP contribution in [-0.2, 0) is 4.79 Å². The topological polar surface area (TPSA) is 64.1 Å². The van der Waals surface area contributed by atoms with Crippen LogP contribution in [0.25, 0.3) is 11.0 Å². The van der Waals surface area contributed by atoms with Gasteiger partial charge in [0.1, 0.15) is 16.8 Å². The summed E-state index contributed by atoms with van der Waals surface area (Å²) in [6, 6.07) is 9.10. The Kier molecular flexibility index (Phi) is 3.60. The quantitative estimate of drug-likeness (QED) is 0.744. The molecule has 0 bridgehead atoms. The summed E-state index contributed by atoms with van der Waals surface area (Å²) in [5, 5.41) is 2.81. The molecule has 128 valence electrons. The van der Waals surface area contributed by atoms with E-state index in [9.17, 15) is 18.0 Å². The molecule has 9 heteroatoms. The predicted molar refractivity (Wildman–Crippen MR) is 85.6 cm³/mol. The van der Waals surface area contributed by atoms with Gasteiger partial charge >= 0.3 is 6.36 Å². The summed E-state index contributed by atoms with van der Waals surface area (Å²) in [7, 11) is 0. The summed E-state index contributed by atoms with van der Waals surface area (Å²) in [5.74, 6) is -0.766. The molecule has 4 rings (SSSR count). The average Bonchev–Trinajstić information content (AvgIpc) is 3.01. The number of hydrogen-bond acceptors (Lipinski definition) is 5. The molecule has 1 atom stereocenters. The SMILES string of the molecule is O=C1CC(c2ccc(OC(F)(F)F)cc2)c2c(ccc3nsnc23)N1. The Balaban J connectivity index is 1.76. The van der Waals surface area contributed by atoms with Gasteiger partial charge in [-0.1, -0.05) is 12.1 Å². The fraction of sp³-hybridized carbons (Fsp3) is 0.188. The molecule has 0 saturated carbocycles. The third-order valence-corrected chi connectivity index (χ3v) is 4.54. The largest absolute Gasteiger partial charge is 0.573 e. The van der Waals surface area contributed by atoms with E-state index >= 15 is 0 Å². The van der Waals surface area contributed by atoms with Gasteiger partial charge in [0.2, 0.25) is 5.91 Å². The van der Waals surface area contributed by atoms with Crippen molar-refractivity contribution in [2.45, 2.75) is 18.7 Å². The van der Waals surface area contributed by atoms with E-state index in [1.807, 2.05) is 0 Å². The zero-order valence-corrected chi connectivity index (χ0v) is 13.3. The highest BCUT2D eigenvalue weighted by Gasteiger charge is 2.32. The summed E-state index contributed by atoms with van der Waals surface area (Å²) in [4.78, 5) is 12.0. The molecular weight excluding hydrogens is 355 g/mol. The molecule has 1 amide bonds. The van der Waals surface area contributed by atoms with Crippen molar-refractivity contribution in [2.75, 3.05) is 5.32 Å². The number of nitrogens with one attached hydrogen (secondary N) is 1. The second kappa shape index (κ2) is 5.69. The van der Waals surface area contributed by atoms with Gasteiger partial charge in [-0.3, -0.25) is 4.79 Å². The van der Waals surface area contributed by atoms with Crippen LogP contribution in [0.3, 0.4) is 0 Å². The number of rotatable bonds is 2. The Bertz CT molecular complexity index is 953. The fourth-order valence-electron chi connectivity index (χ4n) is 3.01. The first-order valence-electron chi connectivity index (χ1n) is 7.31. The fourth-order valence-corrected chi connectivity index (χ4v) is 3.56. The monoisotopic (exact) mass is 365 g/mol. The van der Waals surface area contributed by atoms with Crippen molar-refractivity contribution in [2.24, 2.45) is 0 Å². The van der Waals surface area contributed by atoms with Crippen molar-refractivity contribution in [3.05, 3.63) is 47.5 Å². The maximum Gasteiger partial charge on any atom is 0.573 e. The third-order valence-electron chi connectivity index (χ3n) is 4.00. The number of benzene rings is 2. The van der Waals surface area contributed by atoms with E-state index in [1.165, 1.54) is 24.3 Å². The van der Waals surface area contributed by atoms with Crippen LogP contribution in [0.2, 0.25) is 0 Å². The maximum atomic E-state index is 12.3. The number of carbonyl (C=O) groups is 1. The minimum absolute atomic E-state index is 0.157. The maximum absolute atomic E-state index is 12.3. The zero-order valence-electron chi connectivity index (χ0n) is 12.5. The van der Waals surface area contributed by atoms with E-state index in [1.54, 1.807) is 12.1 Å². The van der Waals surface area contributed by atoms with Crippen molar-refractivity contribution in [1.82, 2.24) is 8.75 Å². The number of ether oxygens (including phenoxy) is 1. The van der Waals surface area contributed by atoms with Gasteiger partial charge in [0, 0.05) is 23.6 Å². The lowest BCUT2D eigenvalue weighted by atomic mass is 9.84. The Morgan fingerprint density at radius 2 is 1.88 bits per heavy atom. The van der Waals surface area contributed by atoms with Crippen LogP contribution >= 0.6 is 11.7 Å². The highest BCUT2D eigenvalue weighted by molar-refractivity contribution is 7.00. The van der Waals surface area contributed by atoms with Gasteiger partial charge in [-0.05, 0) is 29.8 Å². The van der Waals surface area contributed by atoms with Crippen molar-refractivity contribution >= 4 is 34.4 Å². The standard InChI is InChI=1S/C16H10F3N3O2S/c17-16(18,19)24-9-3-1-8(2-4-9)10-7-13(23)20-11-5-6-12-15(14(10)11)22-25-21-12/h1-6,10H,7H2,(H,20,23). The van der Waals surface area contributed by atoms with E-state index in [2.05, 4.69) is 18.8 Å². The zero-order chi connectivity index (χ0) is 17.6. The normalized spacial score (nSPS) is 17.2. The van der Waals surface area contributed by atoms with Crippen LogP contribution in [0, 0.1) is 0 Å². The number of nitrogens with zero attached hydrogens (tertiary/aromatic N) is 2. The van der Waals surface area contributed by atoms with Gasteiger partial charge in [-0.25, -0.2) is 0 Å². The lowest BCUT2D eigenvalue weighted by Gasteiger charge is -2.26. The van der Waals surface area contributed by atoms with Crippen LogP contribution in [0.5, 0.6) is 5.75 Å². The molecule has 5 nitrogen and oxygen atoms in total. The molecule has 1 unspecified atom stereocenters. The van der Waals surface area contributed by atoms with E-state index < -0.39 is 6.36 Å². The van der Waals surface area contributed by atoms with Crippen LogP contribution < -0.4 is 10.1 Å². The molecule has 1 N–H and O–H groups in total. The van der Waals surface area contributed by atoms with Crippen LogP contribution in [-0.4, -0.2) is 21.0 Å². The van der Waals surface area contributed by atoms with E-state index in [4.69, 9.17) is 0 Å². The predicted octanol–water partition coefficient (Wildman–Crippen LogP) is 4.06. The van der Waals surface area contributed by atoms with Crippen molar-refractivity contribution in [1.29, 1.82) is 0 Å². The second-order valence-corrected chi connectivity index (χ2v) is 6.11. The molecule has 0 fully saturated rings. The highest BCUT2D eigenvalue weighted by Crippen LogP contribution is 2.41. The molecule has 1 aliphatic heterocycles. The molecule has 0 radical (unpaired) electrons. The van der Waals surface area contributed by atoms with Gasteiger partial charge in [-0.2, -0.15) is 8.75 Å². The highest BCUT2D eigenvalue weighted by atomic mass is 32.1. The molecule has 2 aromatic carbocycles. The first-order valence-corrected chi connectivity index (χ1v) is 8.04. The number of aromatic nitrogens is 2. The average molecular weight is 365 g/mol. The van der Waals surface area contributed by atoms with Gasteiger partial charge in [0.25, 0.3) is 0 Å². The molecule has 0 aliphatic carbocycles. The minimum atomic E-state index is -4.74. The van der Waals surface area contributed by atoms with E-state index in [0.717, 1.165) is 22.8 Å². The number of amides is 1. The molecule has 2 heterocycles. The molecule has 3 aromatic rings. The molecule has 1 aliphatic rings. The molecule has 0 spiro atoms. The Morgan fingerprint density at radius 1 is 1.12 bits per heavy atom. The van der Waals surface area contributed by atoms with Gasteiger partial charge < -0.3 is 10.1 Å². The first kappa shape index (κ1) is 15.8. The van der Waals surface area contributed by atoms with Crippen molar-refractivity contribution in [3.63, 3.8) is 0 Å². The lowest BCUT2D eigenvalue weighted by Crippen LogP contribution is -2.23. The Labute approximate surface area is 143 Å². The number of carbonyl (C=O) groups excluding carboxylic acids is 1. The Hall–Kier alpha value is -2.68. The van der Waals surface area contributed by atoms with Gasteiger partial charge in [0.15, 0.2) is 0 Å². The molecular formula is C16H10F3N3O2S. The third kappa shape index (κ3) is 3.02. The first-order chi connectivity index (χ1) is 11.9. The number of fused-ring (bicyclic) bond motifs is 3. The minimum Gasteiger partial charge on any atom is -0.406 e. The number of halogens is 3. The smallest absolute Gasteiger partial charge is 0.406 e. The summed E-state index contributed by atoms with van der Waals surface area (Å²) in [6.07, 6.45) is -4.56. The molecule has 1 aromatic heterocycles. The molecule has 25 heavy (non-hydrogen) atoms. The number of alkyl halides is 3. The van der Waals surface area contributed by atoms with E-state index in [0.29, 0.717) is 16.8 Å². The summed E-state index contributed by atoms with van der Waals surface area (Å²) >= 11 is 1.07.